The van der Waals surface area contributed by atoms with E-state index < -0.39 is 21.3 Å². The van der Waals surface area contributed by atoms with Crippen molar-refractivity contribution in [3.05, 3.63) is 103 Å². The topological polar surface area (TPSA) is 82.0 Å². The molecule has 0 fully saturated rings. The first-order valence-corrected chi connectivity index (χ1v) is 11.9. The van der Waals surface area contributed by atoms with E-state index in [-0.39, 0.29) is 46.3 Å². The molecule has 0 bridgehead atoms. The molecule has 0 radical (unpaired) electrons. The Morgan fingerprint density at radius 1 is 0.909 bits per heavy atom. The lowest BCUT2D eigenvalue weighted by atomic mass is 10.2. The summed E-state index contributed by atoms with van der Waals surface area (Å²) in [4.78, 5) is 26.3. The van der Waals surface area contributed by atoms with Gasteiger partial charge in [-0.15, -0.1) is 3.97 Å². The second-order valence-corrected chi connectivity index (χ2v) is 9.76. The molecule has 0 saturated carbocycles. The van der Waals surface area contributed by atoms with Crippen molar-refractivity contribution in [2.24, 2.45) is 0 Å². The Morgan fingerprint density at radius 3 is 2.12 bits per heavy atom. The summed E-state index contributed by atoms with van der Waals surface area (Å²) in [6.45, 7) is 2.83. The molecule has 33 heavy (non-hydrogen) atoms. The van der Waals surface area contributed by atoms with Gasteiger partial charge in [0, 0.05) is 22.2 Å². The predicted molar refractivity (Wildman–Crippen MR) is 123 cm³/mol. The van der Waals surface area contributed by atoms with Crippen LogP contribution in [0.4, 0.5) is 0 Å². The van der Waals surface area contributed by atoms with E-state index in [1.165, 1.54) is 47.0 Å². The average molecular weight is 618 g/mol. The molecule has 4 rings (SSSR count). The molecule has 0 unspecified atom stereocenters. The molecule has 0 amide bonds. The minimum atomic E-state index is -4.47. The van der Waals surface area contributed by atoms with Gasteiger partial charge in [-0.3, -0.25) is 9.36 Å². The fraction of sp³-hybridized carbons (Fsp3) is 0.136. The Labute approximate surface area is 216 Å². The van der Waals surface area contributed by atoms with E-state index in [9.17, 15) is 18.0 Å². The van der Waals surface area contributed by atoms with Crippen molar-refractivity contribution < 1.29 is 37.0 Å². The Bertz CT molecular complexity index is 1550. The summed E-state index contributed by atoms with van der Waals surface area (Å²) >= 11 is 12.0. The number of halogens is 3. The van der Waals surface area contributed by atoms with Gasteiger partial charge in [-0.2, -0.15) is 0 Å². The summed E-state index contributed by atoms with van der Waals surface area (Å²) in [6.07, 6.45) is 3.71. The van der Waals surface area contributed by atoms with Crippen molar-refractivity contribution in [2.75, 3.05) is 0 Å². The number of pyridine rings is 1. The van der Waals surface area contributed by atoms with Gasteiger partial charge in [0.1, 0.15) is 6.54 Å². The number of aromatic nitrogens is 3. The Balaban J connectivity index is 0.00000306. The molecular weight excluding hydrogens is 600 g/mol. The van der Waals surface area contributed by atoms with Crippen molar-refractivity contribution in [3.63, 3.8) is 0 Å². The van der Waals surface area contributed by atoms with E-state index in [0.717, 1.165) is 12.1 Å². The van der Waals surface area contributed by atoms with Crippen LogP contribution in [-0.4, -0.2) is 17.0 Å². The average Bonchev–Trinajstić information content (AvgIpc) is 2.77. The third-order valence-electron chi connectivity index (χ3n) is 5.09. The third-order valence-corrected chi connectivity index (χ3v) is 7.25. The van der Waals surface area contributed by atoms with Crippen molar-refractivity contribution in [3.8, 4) is 0 Å². The Hall–Kier alpha value is -2.21. The number of benzene rings is 2. The van der Waals surface area contributed by atoms with Crippen molar-refractivity contribution in [2.45, 2.75) is 24.9 Å². The van der Waals surface area contributed by atoms with E-state index in [4.69, 9.17) is 23.2 Å². The van der Waals surface area contributed by atoms with Crippen LogP contribution in [0.3, 0.4) is 0 Å². The monoisotopic (exact) mass is 617 g/mol. The minimum absolute atomic E-state index is 0. The quantitative estimate of drug-likeness (QED) is 0.234. The molecule has 0 saturated heterocycles. The van der Waals surface area contributed by atoms with E-state index in [2.05, 4.69) is 0 Å². The molecule has 7 nitrogen and oxygen atoms in total. The summed E-state index contributed by atoms with van der Waals surface area (Å²) in [5, 5.41) is 0.710. The number of hydrogen-bond acceptors (Lipinski definition) is 4. The molecule has 0 aliphatic carbocycles. The Kier molecular flexibility index (Phi) is 7.67. The number of rotatable bonds is 5. The second kappa shape index (κ2) is 9.96. The van der Waals surface area contributed by atoms with Crippen LogP contribution in [0.25, 0.3) is 10.9 Å². The molecule has 0 spiro atoms. The maximum absolute atomic E-state index is 13.4. The van der Waals surface area contributed by atoms with Gasteiger partial charge in [-0.05, 0) is 55.0 Å². The van der Waals surface area contributed by atoms with Gasteiger partial charge in [0.05, 0.1) is 22.3 Å². The summed E-state index contributed by atoms with van der Waals surface area (Å²) < 4.78 is 30.0. The smallest absolute Gasteiger partial charge is 0.346 e. The molecular formula is C22H18Cl2IN3O4S. The first-order valence-electron chi connectivity index (χ1n) is 9.66. The number of fused-ring (bicyclic) bond motifs is 1. The van der Waals surface area contributed by atoms with E-state index >= 15 is 0 Å². The molecule has 0 atom stereocenters. The van der Waals surface area contributed by atoms with Crippen molar-refractivity contribution in [1.82, 2.24) is 8.54 Å². The van der Waals surface area contributed by atoms with E-state index in [0.29, 0.717) is 14.0 Å². The SMILES string of the molecule is CC[n+]1ccc(Cn2c(=O)n(S(=O)(=O)c3ccc(Cl)cc3)c(=O)c3ccc(Cl)cc32)cc1.[I-]. The first-order chi connectivity index (χ1) is 15.2. The highest BCUT2D eigenvalue weighted by molar-refractivity contribution is 7.90. The van der Waals surface area contributed by atoms with Crippen LogP contribution < -0.4 is 39.8 Å². The van der Waals surface area contributed by atoms with Gasteiger partial charge in [0.2, 0.25) is 0 Å². The highest BCUT2D eigenvalue weighted by Gasteiger charge is 2.25. The van der Waals surface area contributed by atoms with E-state index in [1.807, 2.05) is 36.0 Å². The molecule has 0 aliphatic rings. The van der Waals surface area contributed by atoms with Crippen LogP contribution in [-0.2, 0) is 23.1 Å². The highest BCUT2D eigenvalue weighted by atomic mass is 127. The molecule has 0 N–H and O–H groups in total. The number of nitrogens with zero attached hydrogens (tertiary/aromatic N) is 3. The number of hydrogen-bond donors (Lipinski definition) is 0. The third kappa shape index (κ3) is 4.86. The van der Waals surface area contributed by atoms with Gasteiger partial charge >= 0.3 is 5.69 Å². The lowest BCUT2D eigenvalue weighted by molar-refractivity contribution is -0.693. The van der Waals surface area contributed by atoms with Crippen LogP contribution in [0.2, 0.25) is 10.0 Å². The van der Waals surface area contributed by atoms with Crippen LogP contribution in [0, 0.1) is 0 Å². The summed E-state index contributed by atoms with van der Waals surface area (Å²) in [6, 6.07) is 13.3. The fourth-order valence-electron chi connectivity index (χ4n) is 3.38. The van der Waals surface area contributed by atoms with Crippen molar-refractivity contribution in [1.29, 1.82) is 0 Å². The standard InChI is InChI=1S/C22H18Cl2N3O4S.HI/c1-2-25-11-9-15(10-12-25)14-26-20-13-17(24)5-8-19(20)21(28)27(22(26)29)32(30,31)18-6-3-16(23)4-7-18;/h3-13H,2,14H2,1H3;1H/q+1;/p-1. The van der Waals surface area contributed by atoms with Crippen LogP contribution in [0.15, 0.2) is 81.5 Å². The zero-order valence-electron chi connectivity index (χ0n) is 17.3. The number of aryl methyl sites for hydroxylation is 1. The maximum atomic E-state index is 13.4. The van der Waals surface area contributed by atoms with Gasteiger partial charge in [-0.25, -0.2) is 17.8 Å². The summed E-state index contributed by atoms with van der Waals surface area (Å²) in [5.74, 6) is 0. The fourth-order valence-corrected chi connectivity index (χ4v) is 4.99. The predicted octanol–water partition coefficient (Wildman–Crippen LogP) is 0.0667. The largest absolute Gasteiger partial charge is 1.00 e. The lowest BCUT2D eigenvalue weighted by Gasteiger charge is -2.15. The molecule has 0 aliphatic heterocycles. The van der Waals surface area contributed by atoms with Crippen LogP contribution >= 0.6 is 23.2 Å². The molecule has 2 aromatic carbocycles. The summed E-state index contributed by atoms with van der Waals surface area (Å²) in [7, 11) is -4.47. The van der Waals surface area contributed by atoms with Gasteiger partial charge in [0.25, 0.3) is 15.6 Å². The lowest BCUT2D eigenvalue weighted by Crippen LogP contribution is -3.00. The second-order valence-electron chi connectivity index (χ2n) is 7.10. The highest BCUT2D eigenvalue weighted by Crippen LogP contribution is 2.19. The zero-order chi connectivity index (χ0) is 23.0. The van der Waals surface area contributed by atoms with Crippen molar-refractivity contribution >= 4 is 44.1 Å². The molecule has 2 heterocycles. The Morgan fingerprint density at radius 2 is 1.52 bits per heavy atom. The molecule has 4 aromatic rings. The van der Waals surface area contributed by atoms with Crippen LogP contribution in [0.1, 0.15) is 12.5 Å². The van der Waals surface area contributed by atoms with Gasteiger partial charge < -0.3 is 24.0 Å². The first kappa shape index (κ1) is 25.4. The molecule has 2 aromatic heterocycles. The van der Waals surface area contributed by atoms with Gasteiger partial charge in [0.15, 0.2) is 12.4 Å². The molecule has 11 heteroatoms. The zero-order valence-corrected chi connectivity index (χ0v) is 21.8. The van der Waals surface area contributed by atoms with E-state index in [1.54, 1.807) is 0 Å². The molecule has 172 valence electrons. The van der Waals surface area contributed by atoms with Crippen LogP contribution in [0.5, 0.6) is 0 Å². The maximum Gasteiger partial charge on any atom is 0.346 e. The normalized spacial score (nSPS) is 11.4. The minimum Gasteiger partial charge on any atom is -1.00 e. The van der Waals surface area contributed by atoms with Gasteiger partial charge in [-0.1, -0.05) is 23.2 Å². The summed E-state index contributed by atoms with van der Waals surface area (Å²) in [5.41, 5.74) is -0.911.